The van der Waals surface area contributed by atoms with Gasteiger partial charge in [0.25, 0.3) is 0 Å². The van der Waals surface area contributed by atoms with Crippen LogP contribution < -0.4 is 0 Å². The second-order valence-electron chi connectivity index (χ2n) is 5.09. The maximum absolute atomic E-state index is 10.00. The standard InChI is InChI=1S/C17H18O/c1-2-13-16(12-8-4-3-5-9-12)17(13)14-10-6-7-11-15(14)18/h3-11,13,16-18H,2H2,1H3/t13-,16+,17-/m1/s1. The van der Waals surface area contributed by atoms with Crippen molar-refractivity contribution in [2.75, 3.05) is 0 Å². The van der Waals surface area contributed by atoms with Gasteiger partial charge in [0.15, 0.2) is 0 Å². The molecule has 92 valence electrons. The Morgan fingerprint density at radius 1 is 0.889 bits per heavy atom. The van der Waals surface area contributed by atoms with Gasteiger partial charge in [0.2, 0.25) is 0 Å². The number of rotatable bonds is 3. The van der Waals surface area contributed by atoms with Crippen LogP contribution in [-0.2, 0) is 0 Å². The van der Waals surface area contributed by atoms with Crippen LogP contribution in [0.3, 0.4) is 0 Å². The molecule has 0 amide bonds. The van der Waals surface area contributed by atoms with Crippen LogP contribution in [0.25, 0.3) is 0 Å². The maximum atomic E-state index is 10.00. The van der Waals surface area contributed by atoms with Crippen LogP contribution in [0.4, 0.5) is 0 Å². The Balaban J connectivity index is 1.93. The summed E-state index contributed by atoms with van der Waals surface area (Å²) in [6.07, 6.45) is 1.17. The third kappa shape index (κ3) is 1.80. The van der Waals surface area contributed by atoms with Crippen molar-refractivity contribution in [3.8, 4) is 5.75 Å². The SMILES string of the molecule is CC[C@@H]1[C@H](c2ccccc2)[C@H]1c1ccccc1O. The average molecular weight is 238 g/mol. The number of benzene rings is 2. The molecular weight excluding hydrogens is 220 g/mol. The van der Waals surface area contributed by atoms with Crippen LogP contribution in [-0.4, -0.2) is 5.11 Å². The summed E-state index contributed by atoms with van der Waals surface area (Å²) in [5.41, 5.74) is 2.51. The quantitative estimate of drug-likeness (QED) is 0.845. The van der Waals surface area contributed by atoms with Crippen molar-refractivity contribution < 1.29 is 5.11 Å². The molecule has 1 fully saturated rings. The zero-order chi connectivity index (χ0) is 12.5. The number of phenolic OH excluding ortho intramolecular Hbond substituents is 1. The Labute approximate surface area is 108 Å². The molecule has 1 aliphatic carbocycles. The lowest BCUT2D eigenvalue weighted by atomic mass is 10.0. The highest BCUT2D eigenvalue weighted by Crippen LogP contribution is 2.63. The smallest absolute Gasteiger partial charge is 0.119 e. The molecule has 0 aliphatic heterocycles. The molecule has 1 saturated carbocycles. The Morgan fingerprint density at radius 3 is 2.22 bits per heavy atom. The molecule has 1 nitrogen and oxygen atoms in total. The van der Waals surface area contributed by atoms with E-state index in [2.05, 4.69) is 43.3 Å². The molecule has 3 rings (SSSR count). The zero-order valence-corrected chi connectivity index (χ0v) is 10.6. The summed E-state index contributed by atoms with van der Waals surface area (Å²) in [6, 6.07) is 18.4. The van der Waals surface area contributed by atoms with Gasteiger partial charge in [0.1, 0.15) is 5.75 Å². The van der Waals surface area contributed by atoms with Crippen LogP contribution >= 0.6 is 0 Å². The number of phenols is 1. The average Bonchev–Trinajstić information content (AvgIpc) is 3.14. The van der Waals surface area contributed by atoms with Gasteiger partial charge in [0, 0.05) is 0 Å². The third-order valence-electron chi connectivity index (χ3n) is 4.12. The fraction of sp³-hybridized carbons (Fsp3) is 0.294. The molecule has 0 aromatic heterocycles. The molecule has 0 radical (unpaired) electrons. The second-order valence-corrected chi connectivity index (χ2v) is 5.09. The van der Waals surface area contributed by atoms with Crippen molar-refractivity contribution >= 4 is 0 Å². The van der Waals surface area contributed by atoms with Gasteiger partial charge >= 0.3 is 0 Å². The second kappa shape index (κ2) is 4.49. The fourth-order valence-corrected chi connectivity index (χ4v) is 3.21. The van der Waals surface area contributed by atoms with Gasteiger partial charge in [-0.3, -0.25) is 0 Å². The van der Waals surface area contributed by atoms with Crippen molar-refractivity contribution in [3.05, 3.63) is 65.7 Å². The largest absolute Gasteiger partial charge is 0.508 e. The molecule has 1 aliphatic rings. The maximum Gasteiger partial charge on any atom is 0.119 e. The Kier molecular flexibility index (Phi) is 2.83. The van der Waals surface area contributed by atoms with Crippen molar-refractivity contribution in [3.63, 3.8) is 0 Å². The number of para-hydroxylation sites is 1. The Morgan fingerprint density at radius 2 is 1.56 bits per heavy atom. The van der Waals surface area contributed by atoms with E-state index in [9.17, 15) is 5.11 Å². The van der Waals surface area contributed by atoms with Crippen LogP contribution in [0, 0.1) is 5.92 Å². The molecule has 3 atom stereocenters. The lowest BCUT2D eigenvalue weighted by Crippen LogP contribution is -1.84. The summed E-state index contributed by atoms with van der Waals surface area (Å²) in [4.78, 5) is 0. The molecule has 0 heterocycles. The van der Waals surface area contributed by atoms with Gasteiger partial charge in [-0.15, -0.1) is 0 Å². The first-order valence-electron chi connectivity index (χ1n) is 6.65. The van der Waals surface area contributed by atoms with Gasteiger partial charge in [-0.05, 0) is 34.9 Å². The van der Waals surface area contributed by atoms with Gasteiger partial charge in [-0.25, -0.2) is 0 Å². The van der Waals surface area contributed by atoms with E-state index >= 15 is 0 Å². The first-order chi connectivity index (χ1) is 8.83. The predicted molar refractivity (Wildman–Crippen MR) is 73.8 cm³/mol. The highest BCUT2D eigenvalue weighted by molar-refractivity contribution is 5.45. The van der Waals surface area contributed by atoms with E-state index in [0.717, 1.165) is 5.56 Å². The van der Waals surface area contributed by atoms with Gasteiger partial charge < -0.3 is 5.11 Å². The summed E-state index contributed by atoms with van der Waals surface area (Å²) < 4.78 is 0. The first kappa shape index (κ1) is 11.3. The highest BCUT2D eigenvalue weighted by Gasteiger charge is 2.50. The van der Waals surface area contributed by atoms with E-state index in [0.29, 0.717) is 23.5 Å². The van der Waals surface area contributed by atoms with Crippen molar-refractivity contribution in [1.82, 2.24) is 0 Å². The minimum absolute atomic E-state index is 0.444. The van der Waals surface area contributed by atoms with E-state index in [1.807, 2.05) is 12.1 Å². The molecule has 2 aromatic carbocycles. The van der Waals surface area contributed by atoms with Crippen LogP contribution in [0.1, 0.15) is 36.3 Å². The number of hydrogen-bond donors (Lipinski definition) is 1. The zero-order valence-electron chi connectivity index (χ0n) is 10.6. The van der Waals surface area contributed by atoms with Crippen LogP contribution in [0.15, 0.2) is 54.6 Å². The summed E-state index contributed by atoms with van der Waals surface area (Å²) in [5.74, 6) is 2.17. The molecule has 0 unspecified atom stereocenters. The molecule has 1 N–H and O–H groups in total. The minimum Gasteiger partial charge on any atom is -0.508 e. The molecule has 0 saturated heterocycles. The molecule has 0 spiro atoms. The summed E-state index contributed by atoms with van der Waals surface area (Å²) in [5, 5.41) is 10.00. The number of aromatic hydroxyl groups is 1. The van der Waals surface area contributed by atoms with Crippen molar-refractivity contribution in [2.24, 2.45) is 5.92 Å². The molecule has 0 bridgehead atoms. The molecule has 2 aromatic rings. The lowest BCUT2D eigenvalue weighted by molar-refractivity contribution is 0.467. The van der Waals surface area contributed by atoms with E-state index in [-0.39, 0.29) is 0 Å². The molecule has 18 heavy (non-hydrogen) atoms. The Bertz CT molecular complexity index is 532. The third-order valence-corrected chi connectivity index (χ3v) is 4.12. The monoisotopic (exact) mass is 238 g/mol. The normalized spacial score (nSPS) is 25.9. The van der Waals surface area contributed by atoms with Gasteiger partial charge in [0.05, 0.1) is 0 Å². The van der Waals surface area contributed by atoms with Gasteiger partial charge in [-0.2, -0.15) is 0 Å². The summed E-state index contributed by atoms with van der Waals surface area (Å²) in [6.45, 7) is 2.24. The summed E-state index contributed by atoms with van der Waals surface area (Å²) in [7, 11) is 0. The highest BCUT2D eigenvalue weighted by atomic mass is 16.3. The topological polar surface area (TPSA) is 20.2 Å². The Hall–Kier alpha value is -1.76. The van der Waals surface area contributed by atoms with Crippen molar-refractivity contribution in [1.29, 1.82) is 0 Å². The van der Waals surface area contributed by atoms with E-state index in [4.69, 9.17) is 0 Å². The molecule has 1 heteroatoms. The lowest BCUT2D eigenvalue weighted by Gasteiger charge is -2.03. The van der Waals surface area contributed by atoms with Crippen LogP contribution in [0.5, 0.6) is 5.75 Å². The fourth-order valence-electron chi connectivity index (χ4n) is 3.21. The van der Waals surface area contributed by atoms with E-state index in [1.54, 1.807) is 6.07 Å². The van der Waals surface area contributed by atoms with Crippen LogP contribution in [0.2, 0.25) is 0 Å². The van der Waals surface area contributed by atoms with Crippen molar-refractivity contribution in [2.45, 2.75) is 25.2 Å². The predicted octanol–water partition coefficient (Wildman–Crippen LogP) is 4.30. The van der Waals surface area contributed by atoms with E-state index < -0.39 is 0 Å². The van der Waals surface area contributed by atoms with E-state index in [1.165, 1.54) is 12.0 Å². The summed E-state index contributed by atoms with van der Waals surface area (Å²) >= 11 is 0. The van der Waals surface area contributed by atoms with Gasteiger partial charge in [-0.1, -0.05) is 61.9 Å². The first-order valence-corrected chi connectivity index (χ1v) is 6.65. The number of hydrogen-bond acceptors (Lipinski definition) is 1. The molecular formula is C17H18O. The minimum atomic E-state index is 0.444.